The molecule has 8 nitrogen and oxygen atoms in total. The minimum atomic E-state index is -3.84. The summed E-state index contributed by atoms with van der Waals surface area (Å²) >= 11 is 0. The zero-order valence-electron chi connectivity index (χ0n) is 17.1. The number of sulfone groups is 1. The Morgan fingerprint density at radius 1 is 1.03 bits per heavy atom. The van der Waals surface area contributed by atoms with Gasteiger partial charge in [0.25, 0.3) is 5.69 Å². The number of ether oxygens (including phenoxy) is 1. The molecule has 0 aliphatic heterocycles. The van der Waals surface area contributed by atoms with Crippen molar-refractivity contribution >= 4 is 27.3 Å². The molecule has 1 aliphatic rings. The first-order valence-corrected chi connectivity index (χ1v) is 11.8. The fourth-order valence-corrected chi connectivity index (χ4v) is 4.60. The molecule has 0 spiro atoms. The van der Waals surface area contributed by atoms with Crippen LogP contribution in [0.4, 0.5) is 5.69 Å². The first-order chi connectivity index (χ1) is 14.7. The van der Waals surface area contributed by atoms with Gasteiger partial charge in [-0.3, -0.25) is 14.9 Å². The third kappa shape index (κ3) is 5.55. The van der Waals surface area contributed by atoms with Gasteiger partial charge in [0, 0.05) is 17.9 Å². The molecular formula is C22H23NO7S. The highest BCUT2D eigenvalue weighted by molar-refractivity contribution is 7.90. The number of benzene rings is 2. The van der Waals surface area contributed by atoms with Crippen LogP contribution < -0.4 is 0 Å². The van der Waals surface area contributed by atoms with Gasteiger partial charge in [-0.1, -0.05) is 43.5 Å². The van der Waals surface area contributed by atoms with Crippen LogP contribution in [0.25, 0.3) is 0 Å². The summed E-state index contributed by atoms with van der Waals surface area (Å²) in [5.41, 5.74) is 0.679. The molecule has 0 N–H and O–H groups in total. The largest absolute Gasteiger partial charge is 0.454 e. The zero-order valence-corrected chi connectivity index (χ0v) is 17.9. The molecule has 0 aromatic heterocycles. The van der Waals surface area contributed by atoms with Crippen molar-refractivity contribution in [2.45, 2.75) is 42.9 Å². The number of nitrogens with zero attached hydrogens (tertiary/aromatic N) is 1. The summed E-state index contributed by atoms with van der Waals surface area (Å²) in [5.74, 6) is -0.831. The van der Waals surface area contributed by atoms with Gasteiger partial charge in [0.05, 0.1) is 10.5 Å². The molecule has 0 unspecified atom stereocenters. The van der Waals surface area contributed by atoms with Crippen molar-refractivity contribution < 1.29 is 27.7 Å². The second kappa shape index (κ2) is 9.38. The lowest BCUT2D eigenvalue weighted by Crippen LogP contribution is -2.15. The molecule has 3 rings (SSSR count). The number of hydrogen-bond donors (Lipinski definition) is 0. The molecule has 9 heteroatoms. The minimum Gasteiger partial charge on any atom is -0.454 e. The van der Waals surface area contributed by atoms with E-state index >= 15 is 0 Å². The Labute approximate surface area is 180 Å². The maximum atomic E-state index is 12.4. The van der Waals surface area contributed by atoms with E-state index in [2.05, 4.69) is 0 Å². The molecule has 0 bridgehead atoms. The van der Waals surface area contributed by atoms with Crippen LogP contribution in [0.2, 0.25) is 0 Å². The molecule has 0 radical (unpaired) electrons. The van der Waals surface area contributed by atoms with E-state index in [1.807, 2.05) is 12.1 Å². The van der Waals surface area contributed by atoms with Crippen molar-refractivity contribution in [1.82, 2.24) is 0 Å². The summed E-state index contributed by atoms with van der Waals surface area (Å²) in [6, 6.07) is 10.2. The average Bonchev–Trinajstić information content (AvgIpc) is 2.76. The molecule has 0 atom stereocenters. The van der Waals surface area contributed by atoms with E-state index in [0.29, 0.717) is 11.5 Å². The summed E-state index contributed by atoms with van der Waals surface area (Å²) in [5, 5.41) is 11.2. The summed E-state index contributed by atoms with van der Waals surface area (Å²) in [7, 11) is -3.84. The van der Waals surface area contributed by atoms with Crippen LogP contribution in [0.5, 0.6) is 0 Å². The highest BCUT2D eigenvalue weighted by atomic mass is 32.2. The average molecular weight is 445 g/mol. The fraction of sp³-hybridized carbons (Fsp3) is 0.364. The molecule has 2 aromatic rings. The van der Waals surface area contributed by atoms with Crippen LogP contribution in [-0.2, 0) is 14.6 Å². The normalized spacial score (nSPS) is 14.7. The van der Waals surface area contributed by atoms with Crippen molar-refractivity contribution in [3.8, 4) is 0 Å². The van der Waals surface area contributed by atoms with Gasteiger partial charge in [-0.15, -0.1) is 0 Å². The quantitative estimate of drug-likeness (QED) is 0.272. The molecule has 164 valence electrons. The molecule has 2 aromatic carbocycles. The highest BCUT2D eigenvalue weighted by Crippen LogP contribution is 2.32. The first-order valence-electron chi connectivity index (χ1n) is 9.95. The molecular weight excluding hydrogens is 422 g/mol. The molecule has 31 heavy (non-hydrogen) atoms. The highest BCUT2D eigenvalue weighted by Gasteiger charge is 2.25. The Hall–Kier alpha value is -3.07. The monoisotopic (exact) mass is 445 g/mol. The number of nitro benzene ring substituents is 1. The van der Waals surface area contributed by atoms with Crippen molar-refractivity contribution in [2.75, 3.05) is 12.9 Å². The molecule has 1 saturated carbocycles. The number of Topliss-reactive ketones (excluding diaryl/α,β-unsaturated/α-hetero) is 1. The molecule has 1 aliphatic carbocycles. The topological polar surface area (TPSA) is 121 Å². The van der Waals surface area contributed by atoms with E-state index in [0.717, 1.165) is 37.3 Å². The Kier molecular flexibility index (Phi) is 6.84. The predicted octanol–water partition coefficient (Wildman–Crippen LogP) is 4.09. The maximum absolute atomic E-state index is 12.4. The van der Waals surface area contributed by atoms with Gasteiger partial charge in [-0.25, -0.2) is 13.2 Å². The molecule has 0 saturated heterocycles. The van der Waals surface area contributed by atoms with Crippen LogP contribution in [0, 0.1) is 10.1 Å². The minimum absolute atomic E-state index is 0.209. The number of esters is 1. The molecule has 1 fully saturated rings. The Morgan fingerprint density at radius 2 is 1.65 bits per heavy atom. The van der Waals surface area contributed by atoms with Crippen LogP contribution in [0.3, 0.4) is 0 Å². The van der Waals surface area contributed by atoms with Crippen molar-refractivity contribution in [3.63, 3.8) is 0 Å². The van der Waals surface area contributed by atoms with E-state index in [9.17, 15) is 28.1 Å². The fourth-order valence-electron chi connectivity index (χ4n) is 3.78. The number of hydrogen-bond acceptors (Lipinski definition) is 7. The van der Waals surface area contributed by atoms with E-state index < -0.39 is 43.7 Å². The van der Waals surface area contributed by atoms with Gasteiger partial charge in [0.1, 0.15) is 4.90 Å². The second-order valence-corrected chi connectivity index (χ2v) is 9.65. The van der Waals surface area contributed by atoms with Gasteiger partial charge >= 0.3 is 5.97 Å². The van der Waals surface area contributed by atoms with Gasteiger partial charge in [0.15, 0.2) is 22.2 Å². The van der Waals surface area contributed by atoms with Gasteiger partial charge in [0.2, 0.25) is 0 Å². The van der Waals surface area contributed by atoms with E-state index in [4.69, 9.17) is 4.74 Å². The summed E-state index contributed by atoms with van der Waals surface area (Å²) in [4.78, 5) is 34.4. The number of ketones is 1. The standard InChI is InChI=1S/C22H23NO7S/c1-31(28,29)21-12-11-18(13-19(21)23(26)27)22(25)30-14-20(24)17-9-7-16(8-10-17)15-5-3-2-4-6-15/h7-13,15H,2-6,14H2,1H3. The number of rotatable bonds is 7. The second-order valence-electron chi connectivity index (χ2n) is 7.67. The Morgan fingerprint density at radius 3 is 2.23 bits per heavy atom. The van der Waals surface area contributed by atoms with Crippen LogP contribution in [-0.4, -0.2) is 38.0 Å². The van der Waals surface area contributed by atoms with Crippen LogP contribution in [0.15, 0.2) is 47.4 Å². The SMILES string of the molecule is CS(=O)(=O)c1ccc(C(=O)OCC(=O)c2ccc(C3CCCCC3)cc2)cc1[N+](=O)[O-]. The Bertz CT molecular complexity index is 1100. The van der Waals surface area contributed by atoms with Gasteiger partial charge in [-0.05, 0) is 36.5 Å². The van der Waals surface area contributed by atoms with Crippen LogP contribution in [0.1, 0.15) is 64.3 Å². The van der Waals surface area contributed by atoms with Gasteiger partial charge in [-0.2, -0.15) is 0 Å². The lowest BCUT2D eigenvalue weighted by Gasteiger charge is -2.22. The van der Waals surface area contributed by atoms with E-state index in [-0.39, 0.29) is 5.56 Å². The number of carbonyl (C=O) groups excluding carboxylic acids is 2. The van der Waals surface area contributed by atoms with Crippen molar-refractivity contribution in [2.24, 2.45) is 0 Å². The van der Waals surface area contributed by atoms with Crippen molar-refractivity contribution in [3.05, 3.63) is 69.3 Å². The van der Waals surface area contributed by atoms with E-state index in [1.165, 1.54) is 24.8 Å². The molecule has 0 heterocycles. The summed E-state index contributed by atoms with van der Waals surface area (Å²) in [6.07, 6.45) is 6.82. The van der Waals surface area contributed by atoms with Gasteiger partial charge < -0.3 is 4.74 Å². The first kappa shape index (κ1) is 22.6. The lowest BCUT2D eigenvalue weighted by molar-refractivity contribution is -0.387. The van der Waals surface area contributed by atoms with Crippen LogP contribution >= 0.6 is 0 Å². The lowest BCUT2D eigenvalue weighted by atomic mass is 9.84. The third-order valence-electron chi connectivity index (χ3n) is 5.43. The zero-order chi connectivity index (χ0) is 22.6. The number of carbonyl (C=O) groups is 2. The van der Waals surface area contributed by atoms with E-state index in [1.54, 1.807) is 12.1 Å². The maximum Gasteiger partial charge on any atom is 0.338 e. The Balaban J connectivity index is 1.65. The molecule has 0 amide bonds. The third-order valence-corrected chi connectivity index (χ3v) is 6.58. The van der Waals surface area contributed by atoms with Crippen molar-refractivity contribution in [1.29, 1.82) is 0 Å². The summed E-state index contributed by atoms with van der Waals surface area (Å²) < 4.78 is 28.3. The number of nitro groups is 1. The predicted molar refractivity (Wildman–Crippen MR) is 113 cm³/mol. The summed E-state index contributed by atoms with van der Waals surface area (Å²) in [6.45, 7) is -0.525. The smallest absolute Gasteiger partial charge is 0.338 e.